The number of rotatable bonds is 5. The quantitative estimate of drug-likeness (QED) is 0.379. The fraction of sp³-hybridized carbons (Fsp3) is 0.276. The summed E-state index contributed by atoms with van der Waals surface area (Å²) < 4.78 is 1.62. The molecule has 188 valence electrons. The number of amides is 3. The fourth-order valence-electron chi connectivity index (χ4n) is 4.87. The molecule has 0 saturated carbocycles. The van der Waals surface area contributed by atoms with Crippen molar-refractivity contribution in [3.63, 3.8) is 0 Å². The smallest absolute Gasteiger partial charge is 0.261 e. The Morgan fingerprint density at radius 1 is 0.946 bits per heavy atom. The molecule has 0 saturated heterocycles. The normalized spacial score (nSPS) is 13.8. The van der Waals surface area contributed by atoms with Gasteiger partial charge in [-0.2, -0.15) is 9.78 Å². The number of nitrogens with zero attached hydrogens (tertiary/aromatic N) is 4. The van der Waals surface area contributed by atoms with Crippen molar-refractivity contribution in [1.29, 1.82) is 0 Å². The van der Waals surface area contributed by atoms with Crippen LogP contribution in [0.25, 0.3) is 16.7 Å². The fourth-order valence-corrected chi connectivity index (χ4v) is 4.87. The number of nitrogens with one attached hydrogen (secondary N) is 1. The van der Waals surface area contributed by atoms with Crippen LogP contribution in [0.3, 0.4) is 0 Å². The van der Waals surface area contributed by atoms with Crippen molar-refractivity contribution in [2.45, 2.75) is 54.0 Å². The summed E-state index contributed by atoms with van der Waals surface area (Å²) in [6, 6.07) is 12.3. The van der Waals surface area contributed by atoms with E-state index in [0.717, 1.165) is 27.7 Å². The van der Waals surface area contributed by atoms with E-state index in [4.69, 9.17) is 4.98 Å². The minimum Gasteiger partial charge on any atom is -0.306 e. The molecule has 4 aromatic rings. The second-order valence-electron chi connectivity index (χ2n) is 9.81. The van der Waals surface area contributed by atoms with Gasteiger partial charge in [0.15, 0.2) is 5.82 Å². The first kappa shape index (κ1) is 24.4. The minimum atomic E-state index is -0.407. The van der Waals surface area contributed by atoms with Crippen molar-refractivity contribution in [2.24, 2.45) is 0 Å². The summed E-state index contributed by atoms with van der Waals surface area (Å²) in [5, 5.41) is 8.57. The lowest BCUT2D eigenvalue weighted by molar-refractivity contribution is 0.0593. The predicted molar refractivity (Wildman–Crippen MR) is 142 cm³/mol. The van der Waals surface area contributed by atoms with E-state index in [1.165, 1.54) is 16.5 Å². The predicted octanol–water partition coefficient (Wildman–Crippen LogP) is 5.30. The van der Waals surface area contributed by atoms with Crippen molar-refractivity contribution >= 4 is 34.4 Å². The Morgan fingerprint density at radius 2 is 1.68 bits per heavy atom. The molecule has 1 aliphatic rings. The van der Waals surface area contributed by atoms with E-state index < -0.39 is 5.91 Å². The molecule has 8 heteroatoms. The Morgan fingerprint density at radius 3 is 2.41 bits per heavy atom. The topological polar surface area (TPSA) is 97.2 Å². The van der Waals surface area contributed by atoms with Gasteiger partial charge in [-0.25, -0.2) is 4.98 Å². The summed E-state index contributed by atoms with van der Waals surface area (Å²) in [5.74, 6) is -0.0398. The maximum Gasteiger partial charge on any atom is 0.261 e. The molecule has 1 N–H and O–H groups in total. The van der Waals surface area contributed by atoms with E-state index in [1.807, 2.05) is 40.7 Å². The number of anilines is 1. The summed E-state index contributed by atoms with van der Waals surface area (Å²) in [7, 11) is 0. The minimum absolute atomic E-state index is 0.215. The van der Waals surface area contributed by atoms with Gasteiger partial charge >= 0.3 is 0 Å². The number of imide groups is 1. The molecule has 8 nitrogen and oxygen atoms in total. The number of benzene rings is 2. The number of aromatic nitrogens is 3. The zero-order chi connectivity index (χ0) is 26.6. The lowest BCUT2D eigenvalue weighted by Crippen LogP contribution is -2.37. The summed E-state index contributed by atoms with van der Waals surface area (Å²) >= 11 is 0. The van der Waals surface area contributed by atoms with Crippen molar-refractivity contribution < 1.29 is 14.4 Å². The summed E-state index contributed by atoms with van der Waals surface area (Å²) in [6.45, 7) is 11.7. The van der Waals surface area contributed by atoms with Crippen molar-refractivity contribution in [1.82, 2.24) is 19.7 Å². The number of carbonyl (C=O) groups is 3. The molecule has 0 bridgehead atoms. The lowest BCUT2D eigenvalue weighted by Gasteiger charge is -2.20. The highest BCUT2D eigenvalue weighted by atomic mass is 16.2. The first-order chi connectivity index (χ1) is 17.6. The first-order valence-electron chi connectivity index (χ1n) is 12.4. The van der Waals surface area contributed by atoms with Crippen LogP contribution < -0.4 is 5.32 Å². The first-order valence-corrected chi connectivity index (χ1v) is 12.4. The standard InChI is InChI=1S/C29H29N5O3/c1-7-19(6)33-28(36)21-9-8-20(14-23(21)29(33)37)27(35)31-25-13-18(5)32-34(25)24-12-16(3)22-11-15(2)10-17(4)26(22)30-24/h8-14,19H,7H2,1-6H3,(H,31,35). The average molecular weight is 496 g/mol. The highest BCUT2D eigenvalue weighted by Crippen LogP contribution is 2.28. The van der Waals surface area contributed by atoms with Gasteiger partial charge in [-0.15, -0.1) is 0 Å². The van der Waals surface area contributed by atoms with Crippen LogP contribution in [0, 0.1) is 27.7 Å². The van der Waals surface area contributed by atoms with Crippen molar-refractivity contribution in [3.8, 4) is 5.82 Å². The lowest BCUT2D eigenvalue weighted by atomic mass is 10.0. The number of pyridine rings is 1. The van der Waals surface area contributed by atoms with Crippen LogP contribution in [-0.4, -0.2) is 43.4 Å². The van der Waals surface area contributed by atoms with Gasteiger partial charge < -0.3 is 5.32 Å². The molecule has 1 unspecified atom stereocenters. The monoisotopic (exact) mass is 495 g/mol. The van der Waals surface area contributed by atoms with E-state index in [0.29, 0.717) is 23.6 Å². The number of carbonyl (C=O) groups excluding carboxylic acids is 3. The van der Waals surface area contributed by atoms with Gasteiger partial charge in [0.2, 0.25) is 0 Å². The highest BCUT2D eigenvalue weighted by Gasteiger charge is 2.38. The van der Waals surface area contributed by atoms with Crippen molar-refractivity contribution in [3.05, 3.63) is 81.5 Å². The largest absolute Gasteiger partial charge is 0.306 e. The molecule has 3 heterocycles. The van der Waals surface area contributed by atoms with Gasteiger partial charge in [0.25, 0.3) is 17.7 Å². The maximum absolute atomic E-state index is 13.3. The average Bonchev–Trinajstić information content (AvgIpc) is 3.34. The molecule has 0 fully saturated rings. The number of hydrogen-bond acceptors (Lipinski definition) is 5. The maximum atomic E-state index is 13.3. The van der Waals surface area contributed by atoms with Gasteiger partial charge in [0.1, 0.15) is 5.82 Å². The SMILES string of the molecule is CCC(C)N1C(=O)c2ccc(C(=O)Nc3cc(C)nn3-c3cc(C)c4cc(C)cc(C)c4n3)cc2C1=O. The van der Waals surface area contributed by atoms with E-state index in [-0.39, 0.29) is 29.0 Å². The molecule has 2 aromatic carbocycles. The number of fused-ring (bicyclic) bond motifs is 2. The van der Waals surface area contributed by atoms with Crippen LogP contribution in [0.1, 0.15) is 73.7 Å². The molecule has 3 amide bonds. The van der Waals surface area contributed by atoms with Gasteiger partial charge in [0.05, 0.1) is 22.3 Å². The second-order valence-corrected chi connectivity index (χ2v) is 9.81. The van der Waals surface area contributed by atoms with Crippen LogP contribution in [0.15, 0.2) is 42.5 Å². The Bertz CT molecular complexity index is 1620. The molecule has 0 radical (unpaired) electrons. The molecule has 5 rings (SSSR count). The van der Waals surface area contributed by atoms with Crippen LogP contribution in [0.4, 0.5) is 5.82 Å². The zero-order valence-corrected chi connectivity index (χ0v) is 21.8. The molecule has 2 aromatic heterocycles. The Balaban J connectivity index is 1.49. The van der Waals surface area contributed by atoms with Gasteiger partial charge in [-0.05, 0) is 82.5 Å². The molecular formula is C29H29N5O3. The summed E-state index contributed by atoms with van der Waals surface area (Å²) in [5.41, 5.74) is 5.76. The third-order valence-electron chi connectivity index (χ3n) is 6.94. The van der Waals surface area contributed by atoms with E-state index in [1.54, 1.807) is 22.9 Å². The molecule has 0 spiro atoms. The van der Waals surface area contributed by atoms with Crippen LogP contribution in [0.5, 0.6) is 0 Å². The van der Waals surface area contributed by atoms with Crippen LogP contribution in [0.2, 0.25) is 0 Å². The Labute approximate surface area is 215 Å². The van der Waals surface area contributed by atoms with E-state index in [9.17, 15) is 14.4 Å². The molecular weight excluding hydrogens is 466 g/mol. The summed E-state index contributed by atoms with van der Waals surface area (Å²) in [6.07, 6.45) is 0.656. The van der Waals surface area contributed by atoms with Gasteiger partial charge in [-0.1, -0.05) is 18.6 Å². The Kier molecular flexibility index (Phi) is 5.90. The van der Waals surface area contributed by atoms with Crippen LogP contribution >= 0.6 is 0 Å². The van der Waals surface area contributed by atoms with E-state index >= 15 is 0 Å². The third-order valence-corrected chi connectivity index (χ3v) is 6.94. The molecule has 37 heavy (non-hydrogen) atoms. The Hall–Kier alpha value is -4.33. The van der Waals surface area contributed by atoms with Gasteiger partial charge in [0, 0.05) is 23.1 Å². The van der Waals surface area contributed by atoms with Gasteiger partial charge in [-0.3, -0.25) is 19.3 Å². The molecule has 1 atom stereocenters. The van der Waals surface area contributed by atoms with E-state index in [2.05, 4.69) is 29.5 Å². The molecule has 0 aliphatic carbocycles. The number of aryl methyl sites for hydroxylation is 4. The second kappa shape index (κ2) is 8.96. The van der Waals surface area contributed by atoms with Crippen LogP contribution in [-0.2, 0) is 0 Å². The zero-order valence-electron chi connectivity index (χ0n) is 21.8. The highest BCUT2D eigenvalue weighted by molar-refractivity contribution is 6.22. The van der Waals surface area contributed by atoms with Crippen molar-refractivity contribution in [2.75, 3.05) is 5.32 Å². The molecule has 1 aliphatic heterocycles. The number of hydrogen-bond donors (Lipinski definition) is 1. The third kappa shape index (κ3) is 4.08. The summed E-state index contributed by atoms with van der Waals surface area (Å²) in [4.78, 5) is 45.0.